The van der Waals surface area contributed by atoms with Crippen LogP contribution in [0.3, 0.4) is 0 Å². The van der Waals surface area contributed by atoms with Crippen molar-refractivity contribution in [1.29, 1.82) is 0 Å². The maximum atomic E-state index is 13.1. The van der Waals surface area contributed by atoms with E-state index in [1.165, 1.54) is 0 Å². The number of piperidine rings is 1. The van der Waals surface area contributed by atoms with Crippen LogP contribution in [-0.2, 0) is 6.54 Å². The van der Waals surface area contributed by atoms with E-state index in [1.807, 2.05) is 48.7 Å². The summed E-state index contributed by atoms with van der Waals surface area (Å²) in [7, 11) is 3.33. The molecule has 0 saturated carbocycles. The number of hydrogen-bond donors (Lipinski definition) is 0. The number of ketones is 1. The number of ether oxygens (including phenoxy) is 2. The van der Waals surface area contributed by atoms with Crippen LogP contribution in [0.15, 0.2) is 47.4 Å². The minimum atomic E-state index is 0.0551. The minimum absolute atomic E-state index is 0.0551. The Bertz CT molecular complexity index is 771. The van der Waals surface area contributed by atoms with Crippen LogP contribution in [-0.4, -0.2) is 44.2 Å². The van der Waals surface area contributed by atoms with Gasteiger partial charge in [-0.1, -0.05) is 18.2 Å². The Kier molecular flexibility index (Phi) is 6.80. The molecule has 1 atom stereocenters. The highest BCUT2D eigenvalue weighted by atomic mass is 32.2. The van der Waals surface area contributed by atoms with Crippen molar-refractivity contribution in [1.82, 2.24) is 4.90 Å². The van der Waals surface area contributed by atoms with E-state index in [0.717, 1.165) is 60.0 Å². The van der Waals surface area contributed by atoms with Gasteiger partial charge in [-0.25, -0.2) is 0 Å². The average Bonchev–Trinajstić information content (AvgIpc) is 2.73. The lowest BCUT2D eigenvalue weighted by molar-refractivity contribution is 0.0808. The molecule has 1 aliphatic rings. The Labute approximate surface area is 165 Å². The van der Waals surface area contributed by atoms with Crippen molar-refractivity contribution < 1.29 is 14.3 Å². The van der Waals surface area contributed by atoms with Crippen LogP contribution >= 0.6 is 11.8 Å². The van der Waals surface area contributed by atoms with Crippen molar-refractivity contribution in [3.63, 3.8) is 0 Å². The molecule has 0 spiro atoms. The van der Waals surface area contributed by atoms with Crippen LogP contribution in [0.25, 0.3) is 0 Å². The summed E-state index contributed by atoms with van der Waals surface area (Å²) in [4.78, 5) is 16.5. The van der Waals surface area contributed by atoms with Gasteiger partial charge in [0.05, 0.1) is 14.2 Å². The fraction of sp³-hybridized carbons (Fsp3) is 0.409. The second-order valence-electron chi connectivity index (χ2n) is 6.86. The van der Waals surface area contributed by atoms with Gasteiger partial charge in [0, 0.05) is 35.5 Å². The van der Waals surface area contributed by atoms with E-state index >= 15 is 0 Å². The molecule has 0 N–H and O–H groups in total. The third kappa shape index (κ3) is 4.85. The summed E-state index contributed by atoms with van der Waals surface area (Å²) in [6.45, 7) is 2.59. The van der Waals surface area contributed by atoms with Gasteiger partial charge in [0.1, 0.15) is 11.5 Å². The van der Waals surface area contributed by atoms with Gasteiger partial charge in [-0.2, -0.15) is 0 Å². The monoisotopic (exact) mass is 385 g/mol. The van der Waals surface area contributed by atoms with Gasteiger partial charge < -0.3 is 9.47 Å². The van der Waals surface area contributed by atoms with E-state index in [2.05, 4.69) is 4.90 Å². The fourth-order valence-corrected chi connectivity index (χ4v) is 4.30. The molecule has 0 amide bonds. The Balaban J connectivity index is 1.72. The van der Waals surface area contributed by atoms with Gasteiger partial charge in [0.2, 0.25) is 0 Å². The third-order valence-electron chi connectivity index (χ3n) is 5.07. The van der Waals surface area contributed by atoms with E-state index in [0.29, 0.717) is 0 Å². The quantitative estimate of drug-likeness (QED) is 0.517. The molecule has 0 aliphatic carbocycles. The predicted molar refractivity (Wildman–Crippen MR) is 110 cm³/mol. The van der Waals surface area contributed by atoms with E-state index in [-0.39, 0.29) is 11.7 Å². The number of hydrogen-bond acceptors (Lipinski definition) is 5. The summed E-state index contributed by atoms with van der Waals surface area (Å²) >= 11 is 1.64. The highest BCUT2D eigenvalue weighted by Gasteiger charge is 2.27. The summed E-state index contributed by atoms with van der Waals surface area (Å²) < 4.78 is 10.7. The number of likely N-dealkylation sites (tertiary alicyclic amines) is 1. The molecule has 0 aromatic heterocycles. The molecule has 1 saturated heterocycles. The van der Waals surface area contributed by atoms with Crippen molar-refractivity contribution in [3.8, 4) is 11.5 Å². The Hall–Kier alpha value is -1.98. The van der Waals surface area contributed by atoms with Crippen molar-refractivity contribution in [2.24, 2.45) is 5.92 Å². The Morgan fingerprint density at radius 3 is 2.52 bits per heavy atom. The number of nitrogens with zero attached hydrogens (tertiary/aromatic N) is 1. The van der Waals surface area contributed by atoms with E-state index < -0.39 is 0 Å². The van der Waals surface area contributed by atoms with Crippen molar-refractivity contribution in [3.05, 3.63) is 53.6 Å². The largest absolute Gasteiger partial charge is 0.497 e. The maximum Gasteiger partial charge on any atom is 0.168 e. The molecular weight excluding hydrogens is 358 g/mol. The summed E-state index contributed by atoms with van der Waals surface area (Å²) in [6, 6.07) is 13.9. The van der Waals surface area contributed by atoms with Gasteiger partial charge in [0.25, 0.3) is 0 Å². The van der Waals surface area contributed by atoms with Gasteiger partial charge in [-0.15, -0.1) is 11.8 Å². The van der Waals surface area contributed by atoms with Gasteiger partial charge >= 0.3 is 0 Å². The molecule has 4 nitrogen and oxygen atoms in total. The van der Waals surface area contributed by atoms with Crippen LogP contribution in [0.5, 0.6) is 11.5 Å². The fourth-order valence-electron chi connectivity index (χ4n) is 3.70. The summed E-state index contributed by atoms with van der Waals surface area (Å²) in [5, 5.41) is 0. The van der Waals surface area contributed by atoms with E-state index in [1.54, 1.807) is 26.0 Å². The molecular formula is C22H27NO3S. The Morgan fingerprint density at radius 1 is 1.15 bits per heavy atom. The second-order valence-corrected chi connectivity index (χ2v) is 7.71. The number of Topliss-reactive ketones (excluding diaryl/α,β-unsaturated/α-hetero) is 1. The second kappa shape index (κ2) is 9.29. The lowest BCUT2D eigenvalue weighted by atomic mass is 9.89. The highest BCUT2D eigenvalue weighted by molar-refractivity contribution is 7.98. The Morgan fingerprint density at radius 2 is 1.85 bits per heavy atom. The number of benzene rings is 2. The van der Waals surface area contributed by atoms with Crippen LogP contribution in [0.2, 0.25) is 0 Å². The van der Waals surface area contributed by atoms with Crippen LogP contribution < -0.4 is 9.47 Å². The lowest BCUT2D eigenvalue weighted by Crippen LogP contribution is -2.38. The van der Waals surface area contributed by atoms with Crippen LogP contribution in [0, 0.1) is 5.92 Å². The van der Waals surface area contributed by atoms with Gasteiger partial charge in [-0.05, 0) is 49.4 Å². The SMILES string of the molecule is COc1cc(CN2CCC[C@H](C(=O)c3ccccc3SC)C2)cc(OC)c1. The highest BCUT2D eigenvalue weighted by Crippen LogP contribution is 2.28. The zero-order chi connectivity index (χ0) is 19.2. The van der Waals surface area contributed by atoms with Crippen molar-refractivity contribution >= 4 is 17.5 Å². The predicted octanol–water partition coefficient (Wildman–Crippen LogP) is 4.52. The summed E-state index contributed by atoms with van der Waals surface area (Å²) in [5.74, 6) is 1.91. The number of carbonyl (C=O) groups is 1. The molecule has 0 unspecified atom stereocenters. The standard InChI is InChI=1S/C22H27NO3S/c1-25-18-11-16(12-19(13-18)26-2)14-23-10-6-7-17(15-23)22(24)20-8-4-5-9-21(20)27-3/h4-5,8-9,11-13,17H,6-7,10,14-15H2,1-3H3/t17-/m0/s1. The number of methoxy groups -OCH3 is 2. The molecule has 0 radical (unpaired) electrons. The summed E-state index contributed by atoms with van der Waals surface area (Å²) in [6.07, 6.45) is 4.02. The molecule has 2 aromatic carbocycles. The third-order valence-corrected chi connectivity index (χ3v) is 5.86. The first-order chi connectivity index (χ1) is 13.1. The van der Waals surface area contributed by atoms with Crippen LogP contribution in [0.1, 0.15) is 28.8 Å². The van der Waals surface area contributed by atoms with Gasteiger partial charge in [-0.3, -0.25) is 9.69 Å². The minimum Gasteiger partial charge on any atom is -0.497 e. The molecule has 2 aromatic rings. The smallest absolute Gasteiger partial charge is 0.168 e. The molecule has 27 heavy (non-hydrogen) atoms. The lowest BCUT2D eigenvalue weighted by Gasteiger charge is -2.32. The molecule has 1 fully saturated rings. The topological polar surface area (TPSA) is 38.8 Å². The molecule has 5 heteroatoms. The number of carbonyl (C=O) groups excluding carboxylic acids is 1. The first-order valence-electron chi connectivity index (χ1n) is 9.26. The molecule has 0 bridgehead atoms. The average molecular weight is 386 g/mol. The van der Waals surface area contributed by atoms with Gasteiger partial charge in [0.15, 0.2) is 5.78 Å². The maximum absolute atomic E-state index is 13.1. The zero-order valence-corrected chi connectivity index (χ0v) is 17.1. The molecule has 1 heterocycles. The summed E-state index contributed by atoms with van der Waals surface area (Å²) in [5.41, 5.74) is 2.00. The van der Waals surface area contributed by atoms with E-state index in [4.69, 9.17) is 9.47 Å². The molecule has 3 rings (SSSR count). The molecule has 1 aliphatic heterocycles. The van der Waals surface area contributed by atoms with E-state index in [9.17, 15) is 4.79 Å². The normalized spacial score (nSPS) is 17.5. The zero-order valence-electron chi connectivity index (χ0n) is 16.2. The first kappa shape index (κ1) is 19.8. The number of rotatable bonds is 7. The van der Waals surface area contributed by atoms with Crippen LogP contribution in [0.4, 0.5) is 0 Å². The van der Waals surface area contributed by atoms with Crippen molar-refractivity contribution in [2.45, 2.75) is 24.3 Å². The first-order valence-corrected chi connectivity index (χ1v) is 10.5. The number of thioether (sulfide) groups is 1. The molecule has 144 valence electrons. The van der Waals surface area contributed by atoms with Crippen molar-refractivity contribution in [2.75, 3.05) is 33.6 Å².